The summed E-state index contributed by atoms with van der Waals surface area (Å²) in [7, 11) is 0. The summed E-state index contributed by atoms with van der Waals surface area (Å²) in [6.45, 7) is 6.67. The Morgan fingerprint density at radius 1 is 0.909 bits per heavy atom. The van der Waals surface area contributed by atoms with Crippen LogP contribution in [0.3, 0.4) is 0 Å². The number of carbonyl (C=O) groups excluding carboxylic acids is 2. The molecule has 0 fully saturated rings. The molecule has 0 bridgehead atoms. The number of aromatic nitrogens is 2. The maximum Gasteiger partial charge on any atom is 0.305 e. The van der Waals surface area contributed by atoms with Crippen molar-refractivity contribution in [2.45, 2.75) is 46.5 Å². The number of esters is 1. The second-order valence-corrected chi connectivity index (χ2v) is 8.38. The fraction of sp³-hybridized carbons (Fsp3) is 0.333. The maximum absolute atomic E-state index is 12.8. The quantitative estimate of drug-likeness (QED) is 0.478. The standard InChI is InChI=1S/C27H29N3O3/c1-4-33-24(32)6-5-17-30-23(31)16-15-22-27(30)29-26(21-13-9-19(3)10-14-21)25(28-22)20-11-7-18(2)8-12-20/h7-14H,4-6,15-17H2,1-3H3. The summed E-state index contributed by atoms with van der Waals surface area (Å²) in [5.74, 6) is 0.364. The van der Waals surface area contributed by atoms with Crippen LogP contribution in [0.2, 0.25) is 0 Å². The van der Waals surface area contributed by atoms with Crippen molar-refractivity contribution in [3.05, 3.63) is 65.4 Å². The summed E-state index contributed by atoms with van der Waals surface area (Å²) in [4.78, 5) is 36.2. The van der Waals surface area contributed by atoms with Crippen LogP contribution in [0, 0.1) is 13.8 Å². The molecule has 0 unspecified atom stereocenters. The number of fused-ring (bicyclic) bond motifs is 1. The maximum atomic E-state index is 12.8. The molecule has 6 heteroatoms. The van der Waals surface area contributed by atoms with Gasteiger partial charge in [-0.3, -0.25) is 14.5 Å². The van der Waals surface area contributed by atoms with Crippen molar-refractivity contribution in [1.82, 2.24) is 9.97 Å². The van der Waals surface area contributed by atoms with Gasteiger partial charge in [-0.25, -0.2) is 9.97 Å². The fourth-order valence-corrected chi connectivity index (χ4v) is 3.99. The summed E-state index contributed by atoms with van der Waals surface area (Å²) in [6, 6.07) is 16.5. The lowest BCUT2D eigenvalue weighted by Gasteiger charge is -2.29. The molecule has 4 rings (SSSR count). The van der Waals surface area contributed by atoms with Crippen LogP contribution in [0.1, 0.15) is 43.0 Å². The first-order chi connectivity index (χ1) is 16.0. The van der Waals surface area contributed by atoms with Crippen LogP contribution in [-0.4, -0.2) is 35.0 Å². The number of ether oxygens (including phenoxy) is 1. The molecule has 1 aliphatic heterocycles. The van der Waals surface area contributed by atoms with Gasteiger partial charge in [0.2, 0.25) is 5.91 Å². The molecule has 2 aromatic carbocycles. The highest BCUT2D eigenvalue weighted by atomic mass is 16.5. The summed E-state index contributed by atoms with van der Waals surface area (Å²) < 4.78 is 5.02. The van der Waals surface area contributed by atoms with Gasteiger partial charge in [-0.1, -0.05) is 59.7 Å². The first kappa shape index (κ1) is 22.6. The number of benzene rings is 2. The van der Waals surface area contributed by atoms with E-state index in [2.05, 4.69) is 43.3 Å². The van der Waals surface area contributed by atoms with Crippen molar-refractivity contribution < 1.29 is 14.3 Å². The molecule has 1 amide bonds. The largest absolute Gasteiger partial charge is 0.466 e. The zero-order chi connectivity index (χ0) is 23.4. The fourth-order valence-electron chi connectivity index (χ4n) is 3.99. The number of carbonyl (C=O) groups is 2. The average Bonchev–Trinajstić information content (AvgIpc) is 2.81. The zero-order valence-electron chi connectivity index (χ0n) is 19.4. The predicted molar refractivity (Wildman–Crippen MR) is 129 cm³/mol. The molecule has 0 spiro atoms. The number of hydrogen-bond donors (Lipinski definition) is 0. The van der Waals surface area contributed by atoms with E-state index in [9.17, 15) is 9.59 Å². The van der Waals surface area contributed by atoms with Gasteiger partial charge in [0.25, 0.3) is 0 Å². The van der Waals surface area contributed by atoms with E-state index in [0.717, 1.165) is 33.8 Å². The highest BCUT2D eigenvalue weighted by Gasteiger charge is 2.29. The third kappa shape index (κ3) is 5.11. The van der Waals surface area contributed by atoms with Crippen molar-refractivity contribution in [2.75, 3.05) is 18.1 Å². The average molecular weight is 444 g/mol. The van der Waals surface area contributed by atoms with Gasteiger partial charge in [0.1, 0.15) is 0 Å². The van der Waals surface area contributed by atoms with Crippen molar-refractivity contribution in [3.8, 4) is 22.5 Å². The molecule has 0 atom stereocenters. The third-order valence-electron chi connectivity index (χ3n) is 5.80. The lowest BCUT2D eigenvalue weighted by molar-refractivity contribution is -0.143. The van der Waals surface area contributed by atoms with E-state index >= 15 is 0 Å². The third-order valence-corrected chi connectivity index (χ3v) is 5.80. The van der Waals surface area contributed by atoms with Crippen LogP contribution in [0.15, 0.2) is 48.5 Å². The molecule has 0 radical (unpaired) electrons. The minimum Gasteiger partial charge on any atom is -0.466 e. The summed E-state index contributed by atoms with van der Waals surface area (Å²) in [5, 5.41) is 0. The van der Waals surface area contributed by atoms with E-state index in [4.69, 9.17) is 14.7 Å². The van der Waals surface area contributed by atoms with E-state index < -0.39 is 0 Å². The van der Waals surface area contributed by atoms with E-state index in [-0.39, 0.29) is 18.3 Å². The molecule has 6 nitrogen and oxygen atoms in total. The van der Waals surface area contributed by atoms with Crippen LogP contribution < -0.4 is 4.90 Å². The topological polar surface area (TPSA) is 72.4 Å². The van der Waals surface area contributed by atoms with E-state index in [1.54, 1.807) is 11.8 Å². The van der Waals surface area contributed by atoms with E-state index in [0.29, 0.717) is 38.2 Å². The highest BCUT2D eigenvalue weighted by molar-refractivity contribution is 5.96. The van der Waals surface area contributed by atoms with Gasteiger partial charge in [0.15, 0.2) is 5.82 Å². The summed E-state index contributed by atoms with van der Waals surface area (Å²) in [6.07, 6.45) is 1.73. The van der Waals surface area contributed by atoms with Gasteiger partial charge in [0.05, 0.1) is 23.7 Å². The molecule has 0 N–H and O–H groups in total. The number of rotatable bonds is 7. The van der Waals surface area contributed by atoms with Crippen molar-refractivity contribution in [3.63, 3.8) is 0 Å². The second kappa shape index (κ2) is 9.94. The molecule has 1 aliphatic rings. The Labute approximate surface area is 194 Å². The minimum absolute atomic E-state index is 0.0126. The van der Waals surface area contributed by atoms with Crippen LogP contribution in [0.25, 0.3) is 22.5 Å². The van der Waals surface area contributed by atoms with Gasteiger partial charge in [-0.05, 0) is 27.2 Å². The molecule has 0 saturated carbocycles. The molecule has 2 heterocycles. The normalized spacial score (nSPS) is 13.1. The lowest BCUT2D eigenvalue weighted by atomic mass is 10.0. The van der Waals surface area contributed by atoms with Crippen LogP contribution >= 0.6 is 0 Å². The number of aryl methyl sites for hydroxylation is 3. The van der Waals surface area contributed by atoms with Gasteiger partial charge in [-0.2, -0.15) is 0 Å². The highest BCUT2D eigenvalue weighted by Crippen LogP contribution is 2.35. The molecule has 33 heavy (non-hydrogen) atoms. The van der Waals surface area contributed by atoms with E-state index in [1.807, 2.05) is 19.1 Å². The Morgan fingerprint density at radius 2 is 1.48 bits per heavy atom. The number of amides is 1. The predicted octanol–water partition coefficient (Wildman–Crippen LogP) is 5.05. The van der Waals surface area contributed by atoms with E-state index in [1.165, 1.54) is 5.56 Å². The van der Waals surface area contributed by atoms with Crippen molar-refractivity contribution in [1.29, 1.82) is 0 Å². The van der Waals surface area contributed by atoms with Gasteiger partial charge >= 0.3 is 5.97 Å². The molecular weight excluding hydrogens is 414 g/mol. The Bertz CT molecular complexity index is 1150. The lowest BCUT2D eigenvalue weighted by Crippen LogP contribution is -2.37. The first-order valence-corrected chi connectivity index (χ1v) is 11.5. The van der Waals surface area contributed by atoms with Gasteiger partial charge in [-0.15, -0.1) is 0 Å². The van der Waals surface area contributed by atoms with Crippen LogP contribution in [0.4, 0.5) is 5.82 Å². The van der Waals surface area contributed by atoms with Crippen LogP contribution in [-0.2, 0) is 20.7 Å². The summed E-state index contributed by atoms with van der Waals surface area (Å²) in [5.41, 5.74) is 6.68. The monoisotopic (exact) mass is 443 g/mol. The Kier molecular flexibility index (Phi) is 6.82. The number of anilines is 1. The Morgan fingerprint density at radius 3 is 2.06 bits per heavy atom. The molecule has 3 aromatic rings. The first-order valence-electron chi connectivity index (χ1n) is 11.5. The van der Waals surface area contributed by atoms with Gasteiger partial charge < -0.3 is 4.74 Å². The Hall–Kier alpha value is -3.54. The SMILES string of the molecule is CCOC(=O)CCCN1C(=O)CCc2nc(-c3ccc(C)cc3)c(-c3ccc(C)cc3)nc21. The molecule has 0 aliphatic carbocycles. The van der Waals surface area contributed by atoms with Gasteiger partial charge in [0, 0.05) is 36.9 Å². The number of hydrogen-bond acceptors (Lipinski definition) is 5. The molecule has 1 aromatic heterocycles. The summed E-state index contributed by atoms with van der Waals surface area (Å²) >= 11 is 0. The Balaban J connectivity index is 1.75. The van der Waals surface area contributed by atoms with Crippen molar-refractivity contribution in [2.24, 2.45) is 0 Å². The smallest absolute Gasteiger partial charge is 0.305 e. The second-order valence-electron chi connectivity index (χ2n) is 8.38. The van der Waals surface area contributed by atoms with Crippen LogP contribution in [0.5, 0.6) is 0 Å². The zero-order valence-corrected chi connectivity index (χ0v) is 19.4. The molecule has 170 valence electrons. The number of nitrogens with zero attached hydrogens (tertiary/aromatic N) is 3. The van der Waals surface area contributed by atoms with Crippen molar-refractivity contribution >= 4 is 17.7 Å². The minimum atomic E-state index is -0.247. The molecule has 0 saturated heterocycles. The molecular formula is C27H29N3O3.